The number of rotatable bonds is 9. The molecule has 0 bridgehead atoms. The Morgan fingerprint density at radius 3 is 2.55 bits per heavy atom. The maximum Gasteiger partial charge on any atom is 0.272 e. The summed E-state index contributed by atoms with van der Waals surface area (Å²) >= 11 is 0. The van der Waals surface area contributed by atoms with Crippen molar-refractivity contribution < 1.29 is 23.6 Å². The lowest BCUT2D eigenvalue weighted by Crippen LogP contribution is -2.55. The van der Waals surface area contributed by atoms with Crippen molar-refractivity contribution >= 4 is 34.5 Å². The first-order chi connectivity index (χ1) is 15.9. The molecule has 1 unspecified atom stereocenters. The van der Waals surface area contributed by atoms with Gasteiger partial charge in [0.25, 0.3) is 17.7 Å². The van der Waals surface area contributed by atoms with Gasteiger partial charge >= 0.3 is 0 Å². The van der Waals surface area contributed by atoms with Gasteiger partial charge in [0.2, 0.25) is 5.91 Å². The Morgan fingerprint density at radius 1 is 1.15 bits per heavy atom. The second kappa shape index (κ2) is 11.4. The molecule has 1 aliphatic carbocycles. The van der Waals surface area contributed by atoms with Gasteiger partial charge in [-0.3, -0.25) is 29.6 Å². The molecule has 0 aliphatic heterocycles. The van der Waals surface area contributed by atoms with E-state index in [0.717, 1.165) is 48.0 Å². The number of primary amides is 1. The van der Waals surface area contributed by atoms with Crippen LogP contribution in [0.25, 0.3) is 10.9 Å². The minimum absolute atomic E-state index is 0.235. The summed E-state index contributed by atoms with van der Waals surface area (Å²) in [6.45, 7) is -1.59. The van der Waals surface area contributed by atoms with Crippen molar-refractivity contribution in [2.45, 2.75) is 51.0 Å². The lowest BCUT2D eigenvalue weighted by Gasteiger charge is -2.29. The lowest BCUT2D eigenvalue weighted by atomic mass is 9.84. The van der Waals surface area contributed by atoms with Crippen molar-refractivity contribution in [2.75, 3.05) is 13.2 Å². The van der Waals surface area contributed by atoms with Crippen LogP contribution >= 0.6 is 0 Å². The Hall–Kier alpha value is -3.43. The van der Waals surface area contributed by atoms with Crippen LogP contribution in [-0.2, 0) is 14.4 Å². The molecule has 1 atom stereocenters. The molecular formula is C23H30FN5O4. The number of aromatic nitrogens is 1. The molecule has 0 radical (unpaired) electrons. The smallest absolute Gasteiger partial charge is 0.272 e. The van der Waals surface area contributed by atoms with Crippen molar-refractivity contribution in [2.24, 2.45) is 11.7 Å². The van der Waals surface area contributed by atoms with Crippen LogP contribution in [0.3, 0.4) is 0 Å². The molecule has 1 fully saturated rings. The summed E-state index contributed by atoms with van der Waals surface area (Å²) in [7, 11) is 0. The van der Waals surface area contributed by atoms with Gasteiger partial charge in [-0.1, -0.05) is 50.3 Å². The van der Waals surface area contributed by atoms with Gasteiger partial charge in [-0.25, -0.2) is 4.39 Å². The third-order valence-corrected chi connectivity index (χ3v) is 5.93. The summed E-state index contributed by atoms with van der Waals surface area (Å²) in [5.74, 6) is -2.54. The number of benzene rings is 1. The molecule has 9 nitrogen and oxygen atoms in total. The molecule has 2 aromatic rings. The molecule has 4 amide bonds. The zero-order chi connectivity index (χ0) is 23.8. The Morgan fingerprint density at radius 2 is 1.88 bits per heavy atom. The topological polar surface area (TPSA) is 137 Å². The van der Waals surface area contributed by atoms with Gasteiger partial charge in [0, 0.05) is 17.3 Å². The average molecular weight is 460 g/mol. The Kier molecular flexibility index (Phi) is 8.39. The number of nitrogens with one attached hydrogen (secondary N) is 3. The van der Waals surface area contributed by atoms with Gasteiger partial charge < -0.3 is 16.0 Å². The van der Waals surface area contributed by atoms with Crippen LogP contribution in [0.2, 0.25) is 0 Å². The van der Waals surface area contributed by atoms with E-state index in [0.29, 0.717) is 12.1 Å². The highest BCUT2D eigenvalue weighted by molar-refractivity contribution is 6.00. The van der Waals surface area contributed by atoms with Gasteiger partial charge in [0.1, 0.15) is 11.7 Å². The third kappa shape index (κ3) is 6.77. The number of hydrogen-bond acceptors (Lipinski definition) is 4. The minimum atomic E-state index is -1.34. The van der Waals surface area contributed by atoms with E-state index < -0.39 is 36.3 Å². The quantitative estimate of drug-likeness (QED) is 0.426. The number of carbonyl (C=O) groups excluding carboxylic acids is 4. The van der Waals surface area contributed by atoms with Crippen molar-refractivity contribution in [1.29, 1.82) is 0 Å². The van der Waals surface area contributed by atoms with Crippen molar-refractivity contribution in [1.82, 2.24) is 20.7 Å². The molecule has 1 aromatic carbocycles. The number of hydrogen-bond donors (Lipinski definition) is 4. The van der Waals surface area contributed by atoms with Crippen molar-refractivity contribution in [3.8, 4) is 0 Å². The number of H-pyrrole nitrogens is 1. The number of hydrazine groups is 1. The van der Waals surface area contributed by atoms with E-state index in [1.165, 1.54) is 0 Å². The third-order valence-electron chi connectivity index (χ3n) is 5.93. The van der Waals surface area contributed by atoms with Crippen LogP contribution in [-0.4, -0.2) is 52.9 Å². The van der Waals surface area contributed by atoms with Crippen molar-refractivity contribution in [3.05, 3.63) is 36.0 Å². The number of nitrogens with zero attached hydrogens (tertiary/aromatic N) is 1. The minimum Gasteiger partial charge on any atom is -0.370 e. The Labute approximate surface area is 191 Å². The first kappa shape index (κ1) is 24.2. The zero-order valence-corrected chi connectivity index (χ0v) is 18.4. The summed E-state index contributed by atoms with van der Waals surface area (Å²) < 4.78 is 13.0. The van der Waals surface area contributed by atoms with Crippen LogP contribution in [0.4, 0.5) is 4.39 Å². The highest BCUT2D eigenvalue weighted by atomic mass is 19.1. The number of alkyl halides is 1. The first-order valence-corrected chi connectivity index (χ1v) is 11.2. The molecule has 1 saturated carbocycles. The highest BCUT2D eigenvalue weighted by Gasteiger charge is 2.29. The van der Waals surface area contributed by atoms with Crippen LogP contribution in [0.1, 0.15) is 55.4 Å². The number of halogens is 1. The predicted octanol–water partition coefficient (Wildman–Crippen LogP) is 1.94. The molecule has 33 heavy (non-hydrogen) atoms. The van der Waals surface area contributed by atoms with E-state index in [1.807, 2.05) is 24.3 Å². The Bertz CT molecular complexity index is 969. The molecule has 3 rings (SSSR count). The normalized spacial score (nSPS) is 15.1. The number of amides is 4. The number of fused-ring (bicyclic) bond motifs is 1. The van der Waals surface area contributed by atoms with Crippen LogP contribution in [0.5, 0.6) is 0 Å². The molecule has 10 heteroatoms. The fraction of sp³-hybridized carbons (Fsp3) is 0.478. The molecule has 1 aromatic heterocycles. The van der Waals surface area contributed by atoms with Crippen LogP contribution in [0.15, 0.2) is 30.3 Å². The fourth-order valence-electron chi connectivity index (χ4n) is 4.17. The SMILES string of the molecule is NC(=O)CCN(NC(=O)C(CC1CCCCC1)NC(=O)c1cc2ccccc2[nH]1)C(=O)CF. The standard InChI is InChI=1S/C23H30FN5O4/c24-14-21(31)29(11-10-20(25)30)28-23(33)18(12-15-6-2-1-3-7-15)27-22(32)19-13-16-8-4-5-9-17(16)26-19/h4-5,8-9,13,15,18,26H,1-3,6-7,10-12,14H2,(H2,25,30)(H,27,32)(H,28,33). The van der Waals surface area contributed by atoms with Crippen molar-refractivity contribution in [3.63, 3.8) is 0 Å². The summed E-state index contributed by atoms with van der Waals surface area (Å²) in [6.07, 6.45) is 5.30. The van der Waals surface area contributed by atoms with E-state index in [1.54, 1.807) is 6.07 Å². The monoisotopic (exact) mass is 459 g/mol. The fourth-order valence-corrected chi connectivity index (χ4v) is 4.17. The van der Waals surface area contributed by atoms with Gasteiger partial charge in [-0.2, -0.15) is 0 Å². The number of aromatic amines is 1. The van der Waals surface area contributed by atoms with E-state index in [-0.39, 0.29) is 18.9 Å². The first-order valence-electron chi connectivity index (χ1n) is 11.2. The maximum atomic E-state index is 13.1. The number of nitrogens with two attached hydrogens (primary N) is 1. The molecule has 0 spiro atoms. The highest BCUT2D eigenvalue weighted by Crippen LogP contribution is 2.27. The van der Waals surface area contributed by atoms with Gasteiger partial charge in [-0.15, -0.1) is 0 Å². The van der Waals surface area contributed by atoms with Crippen LogP contribution in [0, 0.1) is 5.92 Å². The lowest BCUT2D eigenvalue weighted by molar-refractivity contribution is -0.143. The number of para-hydroxylation sites is 1. The van der Waals surface area contributed by atoms with Crippen LogP contribution < -0.4 is 16.5 Å². The van der Waals surface area contributed by atoms with E-state index in [2.05, 4.69) is 15.7 Å². The van der Waals surface area contributed by atoms with Gasteiger partial charge in [0.05, 0.1) is 6.54 Å². The number of carbonyl (C=O) groups is 4. The summed E-state index contributed by atoms with van der Waals surface area (Å²) in [6, 6.07) is 8.19. The second-order valence-corrected chi connectivity index (χ2v) is 8.41. The molecule has 178 valence electrons. The largest absolute Gasteiger partial charge is 0.370 e. The maximum absolute atomic E-state index is 13.1. The van der Waals surface area contributed by atoms with E-state index >= 15 is 0 Å². The predicted molar refractivity (Wildman–Crippen MR) is 120 cm³/mol. The second-order valence-electron chi connectivity index (χ2n) is 8.41. The van der Waals surface area contributed by atoms with E-state index in [4.69, 9.17) is 5.73 Å². The molecule has 5 N–H and O–H groups in total. The molecule has 1 aliphatic rings. The Balaban J connectivity index is 1.75. The average Bonchev–Trinajstić information content (AvgIpc) is 3.25. The molecule has 1 heterocycles. The summed E-state index contributed by atoms with van der Waals surface area (Å²) in [5, 5.41) is 4.37. The van der Waals surface area contributed by atoms with Gasteiger partial charge in [-0.05, 0) is 24.5 Å². The van der Waals surface area contributed by atoms with E-state index in [9.17, 15) is 23.6 Å². The zero-order valence-electron chi connectivity index (χ0n) is 18.4. The summed E-state index contributed by atoms with van der Waals surface area (Å²) in [4.78, 5) is 52.0. The summed E-state index contributed by atoms with van der Waals surface area (Å²) in [5.41, 5.74) is 8.59. The molecule has 0 saturated heterocycles. The molecular weight excluding hydrogens is 429 g/mol. The van der Waals surface area contributed by atoms with Gasteiger partial charge in [0.15, 0.2) is 6.67 Å².